The Bertz CT molecular complexity index is 1830. The number of thiazole rings is 1. The molecule has 2 aliphatic heterocycles. The second-order valence-corrected chi connectivity index (χ2v) is 16.3. The molecular weight excluding hydrogens is 676 g/mol. The molecule has 0 spiro atoms. The van der Waals surface area contributed by atoms with Crippen LogP contribution < -0.4 is 26.8 Å². The number of carbonyl (C=O) groups is 1. The van der Waals surface area contributed by atoms with Gasteiger partial charge in [0.15, 0.2) is 0 Å². The number of pyridine rings is 1. The molecule has 4 heterocycles. The molecule has 0 saturated carbocycles. The van der Waals surface area contributed by atoms with Crippen molar-refractivity contribution < 1.29 is 35.4 Å². The quantitative estimate of drug-likeness (QED) is 0.121. The van der Waals surface area contributed by atoms with Crippen LogP contribution in [0, 0.1) is 5.82 Å². The molecule has 2 bridgehead atoms. The van der Waals surface area contributed by atoms with Crippen LogP contribution in [0.5, 0.6) is 0 Å². The Kier molecular flexibility index (Phi) is 7.46. The van der Waals surface area contributed by atoms with Crippen LogP contribution in [0.15, 0.2) is 72.4 Å². The number of hydrogen-bond acceptors (Lipinski definition) is 7. The Morgan fingerprint density at radius 3 is 2.77 bits per heavy atom. The first kappa shape index (κ1) is 28.4. The Labute approximate surface area is 264 Å². The van der Waals surface area contributed by atoms with E-state index in [9.17, 15) is 4.79 Å². The fourth-order valence-electron chi connectivity index (χ4n) is 5.82. The van der Waals surface area contributed by atoms with Gasteiger partial charge in [0.2, 0.25) is 0 Å². The van der Waals surface area contributed by atoms with Gasteiger partial charge in [-0.1, -0.05) is 0 Å². The predicted molar refractivity (Wildman–Crippen MR) is 165 cm³/mol. The van der Waals surface area contributed by atoms with E-state index < -0.39 is 27.1 Å². The van der Waals surface area contributed by atoms with E-state index in [-0.39, 0.29) is 22.0 Å². The number of nitrogens with one attached hydrogen (secondary N) is 1. The zero-order valence-electron chi connectivity index (χ0n) is 24.2. The number of amides is 1. The summed E-state index contributed by atoms with van der Waals surface area (Å²) in [7, 11) is 0. The van der Waals surface area contributed by atoms with Crippen molar-refractivity contribution in [2.24, 2.45) is 0 Å². The molecule has 3 aromatic carbocycles. The number of anilines is 2. The fraction of sp³-hybridized carbons (Fsp3) is 0.303. The number of carbonyl (C=O) groups excluding carboxylic acids is 1. The minimum absolute atomic E-state index is 0.164. The standard InChI is InChI=1S/C33H32FIN5O2S/c1-33(2,3)42-32(41)40-23-7-11-31(40)35-39(18-23)17-20-4-8-24(26(34)14-20)21-5-9-25-27(12-13-36-28(25)15-21)38-22-6-10-30-29(16-22)37-19-43-30/h4-6,8-10,12-16,19,23,31H,7,11,17-18H2,1-3H3,(H,36,38)/q-1. The van der Waals surface area contributed by atoms with Crippen LogP contribution in [0.4, 0.5) is 20.6 Å². The zero-order chi connectivity index (χ0) is 29.7. The van der Waals surface area contributed by atoms with Crippen LogP contribution in [-0.2, 0) is 11.3 Å². The summed E-state index contributed by atoms with van der Waals surface area (Å²) in [6, 6.07) is 19.7. The van der Waals surface area contributed by atoms with Gasteiger partial charge >= 0.3 is 210 Å². The Morgan fingerprint density at radius 1 is 1.07 bits per heavy atom. The van der Waals surface area contributed by atoms with Gasteiger partial charge in [0, 0.05) is 5.69 Å². The summed E-state index contributed by atoms with van der Waals surface area (Å²) in [5.41, 5.74) is 7.31. The number of nitrogens with zero attached hydrogens (tertiary/aromatic N) is 4. The molecule has 2 aliphatic rings. The zero-order valence-corrected chi connectivity index (χ0v) is 27.2. The summed E-state index contributed by atoms with van der Waals surface area (Å²) >= 11 is 1.21. The number of halogens is 2. The SMILES string of the molecule is CC(C)(C)OC(=O)N1C2CCC1[I-]N(Cc1ccc(-c3ccc4c(Nc5ccc6scnc6c5)ccnc4c3)c(F)c1)C2. The topological polar surface area (TPSA) is 70.6 Å². The molecule has 222 valence electrons. The van der Waals surface area contributed by atoms with Gasteiger partial charge in [0.25, 0.3) is 0 Å². The van der Waals surface area contributed by atoms with E-state index in [2.05, 4.69) is 24.5 Å². The van der Waals surface area contributed by atoms with Gasteiger partial charge in [0.1, 0.15) is 0 Å². The summed E-state index contributed by atoms with van der Waals surface area (Å²) in [5, 5.41) is 4.46. The average Bonchev–Trinajstić information content (AvgIpc) is 3.53. The van der Waals surface area contributed by atoms with Crippen molar-refractivity contribution in [1.82, 2.24) is 18.0 Å². The van der Waals surface area contributed by atoms with E-state index in [1.165, 1.54) is 0 Å². The maximum atomic E-state index is 15.5. The molecule has 1 N–H and O–H groups in total. The summed E-state index contributed by atoms with van der Waals surface area (Å²) in [5.74, 6) is -0.240. The molecule has 2 atom stereocenters. The molecule has 2 aromatic heterocycles. The summed E-state index contributed by atoms with van der Waals surface area (Å²) < 4.78 is 25.1. The molecule has 0 radical (unpaired) electrons. The van der Waals surface area contributed by atoms with Crippen molar-refractivity contribution in [1.29, 1.82) is 0 Å². The third-order valence-corrected chi connectivity index (χ3v) is 11.9. The molecule has 5 aromatic rings. The van der Waals surface area contributed by atoms with Crippen molar-refractivity contribution in [3.63, 3.8) is 0 Å². The van der Waals surface area contributed by atoms with Crippen molar-refractivity contribution in [2.45, 2.75) is 55.8 Å². The predicted octanol–water partition coefficient (Wildman–Crippen LogP) is 4.94. The number of alkyl halides is 1. The molecule has 1 amide bonds. The molecule has 0 aliphatic carbocycles. The molecule has 10 heteroatoms. The van der Waals surface area contributed by atoms with Gasteiger partial charge in [-0.2, -0.15) is 0 Å². The van der Waals surface area contributed by atoms with E-state index in [0.717, 1.165) is 63.0 Å². The molecular formula is C33H32FIN5O2S-. The van der Waals surface area contributed by atoms with Gasteiger partial charge < -0.3 is 0 Å². The van der Waals surface area contributed by atoms with E-state index in [0.29, 0.717) is 12.1 Å². The molecule has 2 fully saturated rings. The summed E-state index contributed by atoms with van der Waals surface area (Å²) in [6.07, 6.45) is 3.60. The summed E-state index contributed by atoms with van der Waals surface area (Å²) in [4.78, 5) is 23.8. The number of rotatable bonds is 5. The Hall–Kier alpha value is -3.35. The number of ether oxygens (including phenoxy) is 1. The van der Waals surface area contributed by atoms with Crippen molar-refractivity contribution >= 4 is 49.9 Å². The molecule has 2 unspecified atom stereocenters. The van der Waals surface area contributed by atoms with Gasteiger partial charge in [-0.05, 0) is 18.2 Å². The van der Waals surface area contributed by atoms with E-state index in [1.54, 1.807) is 23.6 Å². The van der Waals surface area contributed by atoms with Crippen molar-refractivity contribution in [3.05, 3.63) is 83.8 Å². The van der Waals surface area contributed by atoms with Crippen LogP contribution in [0.2, 0.25) is 0 Å². The van der Waals surface area contributed by atoms with Gasteiger partial charge in [-0.25, -0.2) is 4.98 Å². The monoisotopic (exact) mass is 708 g/mol. The number of benzene rings is 3. The number of fused-ring (bicyclic) bond motifs is 4. The number of aromatic nitrogens is 2. The average molecular weight is 709 g/mol. The second-order valence-electron chi connectivity index (χ2n) is 12.0. The molecule has 43 heavy (non-hydrogen) atoms. The van der Waals surface area contributed by atoms with Crippen LogP contribution in [0.3, 0.4) is 0 Å². The normalized spacial score (nSPS) is 19.0. The molecule has 7 rings (SSSR count). The van der Waals surface area contributed by atoms with Crippen LogP contribution in [0.1, 0.15) is 39.2 Å². The van der Waals surface area contributed by atoms with Crippen molar-refractivity contribution in [3.8, 4) is 11.1 Å². The number of hydrogen-bond donors (Lipinski definition) is 1. The third kappa shape index (κ3) is 5.92. The van der Waals surface area contributed by atoms with E-state index in [1.807, 2.05) is 79.7 Å². The maximum absolute atomic E-state index is 15.5. The van der Waals surface area contributed by atoms with Crippen LogP contribution in [-0.4, -0.2) is 46.3 Å². The minimum atomic E-state index is -0.497. The first-order chi connectivity index (χ1) is 20.7. The first-order valence-electron chi connectivity index (χ1n) is 14.4. The Morgan fingerprint density at radius 2 is 1.95 bits per heavy atom. The van der Waals surface area contributed by atoms with E-state index >= 15 is 4.39 Å². The molecule has 7 nitrogen and oxygen atoms in total. The molecule has 2 saturated heterocycles. The third-order valence-electron chi connectivity index (χ3n) is 7.75. The first-order valence-corrected chi connectivity index (χ1v) is 17.5. The second kappa shape index (κ2) is 11.3. The van der Waals surface area contributed by atoms with E-state index in [4.69, 9.17) is 4.74 Å². The van der Waals surface area contributed by atoms with Gasteiger partial charge in [-0.15, -0.1) is 11.3 Å². The van der Waals surface area contributed by atoms with Crippen LogP contribution in [0.25, 0.3) is 32.2 Å². The van der Waals surface area contributed by atoms with Gasteiger partial charge in [-0.3, -0.25) is 0 Å². The summed E-state index contributed by atoms with van der Waals surface area (Å²) in [6.45, 7) is 7.23. The Balaban J connectivity index is 1.06. The fourth-order valence-corrected chi connectivity index (χ4v) is 10.3. The van der Waals surface area contributed by atoms with Crippen LogP contribution >= 0.6 is 11.3 Å². The van der Waals surface area contributed by atoms with Gasteiger partial charge in [0.05, 0.1) is 15.7 Å². The van der Waals surface area contributed by atoms with Crippen molar-refractivity contribution in [2.75, 3.05) is 11.9 Å².